The summed E-state index contributed by atoms with van der Waals surface area (Å²) >= 11 is 0. The number of benzene rings is 1. The van der Waals surface area contributed by atoms with E-state index in [9.17, 15) is 8.42 Å². The van der Waals surface area contributed by atoms with Gasteiger partial charge in [0.25, 0.3) is 0 Å². The maximum absolute atomic E-state index is 12.5. The number of sulfonamides is 1. The lowest BCUT2D eigenvalue weighted by atomic mass is 9.95. The molecule has 0 bridgehead atoms. The Morgan fingerprint density at radius 2 is 2.00 bits per heavy atom. The third kappa shape index (κ3) is 3.50. The van der Waals surface area contributed by atoms with Gasteiger partial charge in [0.1, 0.15) is 4.90 Å². The third-order valence-corrected chi connectivity index (χ3v) is 5.04. The quantitative estimate of drug-likeness (QED) is 0.892. The molecule has 2 N–H and O–H groups in total. The van der Waals surface area contributed by atoms with Crippen LogP contribution in [0.25, 0.3) is 0 Å². The minimum absolute atomic E-state index is 0.0892. The van der Waals surface area contributed by atoms with Gasteiger partial charge >= 0.3 is 0 Å². The molecule has 0 spiro atoms. The van der Waals surface area contributed by atoms with Gasteiger partial charge in [0.2, 0.25) is 10.0 Å². The second kappa shape index (κ2) is 5.71. The summed E-state index contributed by atoms with van der Waals surface area (Å²) in [6.45, 7) is 4.54. The molecule has 112 valence electrons. The summed E-state index contributed by atoms with van der Waals surface area (Å²) in [5.41, 5.74) is 0.319. The van der Waals surface area contributed by atoms with Crippen LogP contribution >= 0.6 is 0 Å². The Hall–Kier alpha value is -1.11. The first-order chi connectivity index (χ1) is 9.34. The summed E-state index contributed by atoms with van der Waals surface area (Å²) in [5, 5.41) is 2.91. The Bertz CT molecular complexity index is 570. The van der Waals surface area contributed by atoms with Gasteiger partial charge in [-0.2, -0.15) is 0 Å². The monoisotopic (exact) mass is 298 g/mol. The van der Waals surface area contributed by atoms with Crippen LogP contribution in [0.4, 0.5) is 5.69 Å². The number of anilines is 1. The molecule has 5 nitrogen and oxygen atoms in total. The van der Waals surface area contributed by atoms with Crippen molar-refractivity contribution in [3.63, 3.8) is 0 Å². The molecule has 1 saturated heterocycles. The SMILES string of the molecule is CNc1ccccc1S(=O)(=O)NC1CCOC(C)(C)C1. The lowest BCUT2D eigenvalue weighted by molar-refractivity contribution is -0.0599. The normalized spacial score (nSPS) is 22.4. The third-order valence-electron chi connectivity index (χ3n) is 3.46. The summed E-state index contributed by atoms with van der Waals surface area (Å²) in [6.07, 6.45) is 1.37. The molecule has 20 heavy (non-hydrogen) atoms. The summed E-state index contributed by atoms with van der Waals surface area (Å²) in [7, 11) is -1.81. The summed E-state index contributed by atoms with van der Waals surface area (Å²) in [5.74, 6) is 0. The predicted molar refractivity (Wildman–Crippen MR) is 79.4 cm³/mol. The van der Waals surface area contributed by atoms with Crippen LogP contribution in [-0.2, 0) is 14.8 Å². The fourth-order valence-corrected chi connectivity index (χ4v) is 4.01. The van der Waals surface area contributed by atoms with E-state index in [0.29, 0.717) is 25.1 Å². The van der Waals surface area contributed by atoms with Crippen molar-refractivity contribution >= 4 is 15.7 Å². The van der Waals surface area contributed by atoms with E-state index in [-0.39, 0.29) is 16.5 Å². The van der Waals surface area contributed by atoms with E-state index in [4.69, 9.17) is 4.74 Å². The fourth-order valence-electron chi connectivity index (χ4n) is 2.52. The van der Waals surface area contributed by atoms with Crippen LogP contribution in [0.15, 0.2) is 29.2 Å². The average molecular weight is 298 g/mol. The lowest BCUT2D eigenvalue weighted by Gasteiger charge is -2.35. The first-order valence-electron chi connectivity index (χ1n) is 6.77. The molecule has 1 fully saturated rings. The van der Waals surface area contributed by atoms with Gasteiger partial charge in [0.15, 0.2) is 0 Å². The van der Waals surface area contributed by atoms with E-state index < -0.39 is 10.0 Å². The van der Waals surface area contributed by atoms with Crippen molar-refractivity contribution < 1.29 is 13.2 Å². The van der Waals surface area contributed by atoms with Crippen LogP contribution in [-0.4, -0.2) is 33.7 Å². The Morgan fingerprint density at radius 3 is 2.65 bits per heavy atom. The maximum atomic E-state index is 12.5. The van der Waals surface area contributed by atoms with Gasteiger partial charge in [0, 0.05) is 19.7 Å². The molecule has 0 amide bonds. The van der Waals surface area contributed by atoms with Gasteiger partial charge in [0.05, 0.1) is 11.3 Å². The zero-order chi connectivity index (χ0) is 14.8. The van der Waals surface area contributed by atoms with Gasteiger partial charge in [-0.1, -0.05) is 12.1 Å². The molecule has 1 atom stereocenters. The van der Waals surface area contributed by atoms with Crippen LogP contribution < -0.4 is 10.0 Å². The minimum atomic E-state index is -3.52. The maximum Gasteiger partial charge on any atom is 0.242 e. The number of rotatable bonds is 4. The Kier molecular flexibility index (Phi) is 4.36. The highest BCUT2D eigenvalue weighted by Crippen LogP contribution is 2.26. The molecule has 6 heteroatoms. The first-order valence-corrected chi connectivity index (χ1v) is 8.25. The van der Waals surface area contributed by atoms with Crippen molar-refractivity contribution in [3.05, 3.63) is 24.3 Å². The van der Waals surface area contributed by atoms with Crippen molar-refractivity contribution in [2.45, 2.75) is 43.2 Å². The second-order valence-corrected chi connectivity index (χ2v) is 7.35. The summed E-state index contributed by atoms with van der Waals surface area (Å²) in [4.78, 5) is 0.284. The molecule has 1 aromatic rings. The van der Waals surface area contributed by atoms with E-state index in [1.54, 1.807) is 25.2 Å². The Balaban J connectivity index is 2.19. The molecule has 0 aromatic heterocycles. The molecule has 0 saturated carbocycles. The highest BCUT2D eigenvalue weighted by atomic mass is 32.2. The van der Waals surface area contributed by atoms with E-state index in [1.165, 1.54) is 0 Å². The van der Waals surface area contributed by atoms with Gasteiger partial charge in [-0.3, -0.25) is 0 Å². The molecular weight excluding hydrogens is 276 g/mol. The Morgan fingerprint density at radius 1 is 1.30 bits per heavy atom. The zero-order valence-electron chi connectivity index (χ0n) is 12.1. The van der Waals surface area contributed by atoms with Crippen LogP contribution in [0.3, 0.4) is 0 Å². The van der Waals surface area contributed by atoms with Gasteiger partial charge < -0.3 is 10.1 Å². The van der Waals surface area contributed by atoms with Crippen molar-refractivity contribution in [1.29, 1.82) is 0 Å². The molecule has 1 aromatic carbocycles. The molecule has 1 heterocycles. The van der Waals surface area contributed by atoms with Crippen molar-refractivity contribution in [1.82, 2.24) is 4.72 Å². The number of hydrogen-bond acceptors (Lipinski definition) is 4. The zero-order valence-corrected chi connectivity index (χ0v) is 13.0. The number of ether oxygens (including phenoxy) is 1. The van der Waals surface area contributed by atoms with E-state index in [0.717, 1.165) is 0 Å². The molecule has 1 aliphatic heterocycles. The highest BCUT2D eigenvalue weighted by molar-refractivity contribution is 7.89. The summed E-state index contributed by atoms with van der Waals surface area (Å²) < 4.78 is 33.4. The van der Waals surface area contributed by atoms with Gasteiger partial charge in [-0.05, 0) is 38.8 Å². The van der Waals surface area contributed by atoms with E-state index in [1.807, 2.05) is 19.9 Å². The standard InChI is InChI=1S/C14H22N2O3S/c1-14(2)10-11(8-9-19-14)16-20(17,18)13-7-5-4-6-12(13)15-3/h4-7,11,15-16H,8-10H2,1-3H3. The fraction of sp³-hybridized carbons (Fsp3) is 0.571. The largest absolute Gasteiger partial charge is 0.387 e. The van der Waals surface area contributed by atoms with Crippen LogP contribution in [0.2, 0.25) is 0 Å². The van der Waals surface area contributed by atoms with Crippen molar-refractivity contribution in [3.8, 4) is 0 Å². The highest BCUT2D eigenvalue weighted by Gasteiger charge is 2.32. The smallest absolute Gasteiger partial charge is 0.242 e. The number of nitrogens with one attached hydrogen (secondary N) is 2. The Labute approximate surface area is 120 Å². The molecule has 0 aliphatic carbocycles. The predicted octanol–water partition coefficient (Wildman–Crippen LogP) is 1.96. The lowest BCUT2D eigenvalue weighted by Crippen LogP contribution is -2.45. The molecule has 1 unspecified atom stereocenters. The number of hydrogen-bond donors (Lipinski definition) is 2. The number of para-hydroxylation sites is 1. The second-order valence-electron chi connectivity index (χ2n) is 5.67. The first kappa shape index (κ1) is 15.3. The molecule has 1 aliphatic rings. The molecule has 0 radical (unpaired) electrons. The molecule has 2 rings (SSSR count). The average Bonchev–Trinajstić information content (AvgIpc) is 2.37. The van der Waals surface area contributed by atoms with Gasteiger partial charge in [-0.15, -0.1) is 0 Å². The van der Waals surface area contributed by atoms with E-state index in [2.05, 4.69) is 10.0 Å². The van der Waals surface area contributed by atoms with Crippen molar-refractivity contribution in [2.75, 3.05) is 19.0 Å². The summed E-state index contributed by atoms with van der Waals surface area (Å²) in [6, 6.07) is 6.81. The van der Waals surface area contributed by atoms with Crippen molar-refractivity contribution in [2.24, 2.45) is 0 Å². The topological polar surface area (TPSA) is 67.4 Å². The minimum Gasteiger partial charge on any atom is -0.387 e. The van der Waals surface area contributed by atoms with Crippen LogP contribution in [0.1, 0.15) is 26.7 Å². The van der Waals surface area contributed by atoms with Crippen LogP contribution in [0, 0.1) is 0 Å². The molecular formula is C14H22N2O3S. The van der Waals surface area contributed by atoms with Gasteiger partial charge in [-0.25, -0.2) is 13.1 Å². The van der Waals surface area contributed by atoms with Crippen LogP contribution in [0.5, 0.6) is 0 Å². The van der Waals surface area contributed by atoms with E-state index >= 15 is 0 Å².